The van der Waals surface area contributed by atoms with Crippen molar-refractivity contribution in [3.63, 3.8) is 0 Å². The molecule has 1 aromatic carbocycles. The molecular weight excluding hydrogens is 302 g/mol. The van der Waals surface area contributed by atoms with Gasteiger partial charge in [0.25, 0.3) is 0 Å². The van der Waals surface area contributed by atoms with Crippen molar-refractivity contribution in [2.24, 2.45) is 0 Å². The number of benzene rings is 1. The summed E-state index contributed by atoms with van der Waals surface area (Å²) in [5.74, 6) is 0.813. The van der Waals surface area contributed by atoms with Crippen molar-refractivity contribution in [1.29, 1.82) is 0 Å². The fraction of sp³-hybridized carbons (Fsp3) is 0.357. The van der Waals surface area contributed by atoms with E-state index < -0.39 is 0 Å². The molecule has 0 fully saturated rings. The van der Waals surface area contributed by atoms with Crippen LogP contribution in [0.3, 0.4) is 0 Å². The van der Waals surface area contributed by atoms with Gasteiger partial charge < -0.3 is 0 Å². The maximum atomic E-state index is 5.89. The Morgan fingerprint density at radius 3 is 2.45 bits per heavy atom. The van der Waals surface area contributed by atoms with Gasteiger partial charge >= 0.3 is 0 Å². The van der Waals surface area contributed by atoms with Gasteiger partial charge in [0.2, 0.25) is 0 Å². The van der Waals surface area contributed by atoms with Crippen molar-refractivity contribution in [3.05, 3.63) is 47.0 Å². The molecule has 0 atom stereocenters. The molecule has 2 aromatic heterocycles. The predicted octanol–water partition coefficient (Wildman–Crippen LogP) is 2.25. The van der Waals surface area contributed by atoms with E-state index in [-0.39, 0.29) is 5.41 Å². The lowest BCUT2D eigenvalue weighted by Crippen LogP contribution is -2.20. The third kappa shape index (κ3) is 2.99. The van der Waals surface area contributed by atoms with Gasteiger partial charge in [-0.05, 0) is 34.7 Å². The molecule has 0 radical (unpaired) electrons. The minimum atomic E-state index is -0.129. The van der Waals surface area contributed by atoms with E-state index in [0.29, 0.717) is 11.6 Å². The number of aromatic nitrogens is 7. The molecule has 0 bridgehead atoms. The van der Waals surface area contributed by atoms with Crippen LogP contribution in [0.5, 0.6) is 0 Å². The largest absolute Gasteiger partial charge is 0.223 e. The van der Waals surface area contributed by atoms with Crippen LogP contribution < -0.4 is 0 Å². The van der Waals surface area contributed by atoms with Gasteiger partial charge in [-0.3, -0.25) is 0 Å². The first-order valence-corrected chi connectivity index (χ1v) is 7.25. The van der Waals surface area contributed by atoms with Crippen LogP contribution in [0.25, 0.3) is 5.69 Å². The Hall–Kier alpha value is -2.28. The van der Waals surface area contributed by atoms with Gasteiger partial charge in [0.15, 0.2) is 5.82 Å². The molecule has 0 aliphatic carbocycles. The van der Waals surface area contributed by atoms with Crippen LogP contribution in [-0.2, 0) is 12.0 Å². The normalized spacial score (nSPS) is 11.8. The smallest absolute Gasteiger partial charge is 0.157 e. The van der Waals surface area contributed by atoms with Crippen molar-refractivity contribution >= 4 is 11.6 Å². The monoisotopic (exact) mass is 317 g/mol. The highest BCUT2D eigenvalue weighted by atomic mass is 35.5. The highest BCUT2D eigenvalue weighted by Gasteiger charge is 2.22. The molecule has 3 aromatic rings. The summed E-state index contributed by atoms with van der Waals surface area (Å²) in [6, 6.07) is 7.41. The lowest BCUT2D eigenvalue weighted by Gasteiger charge is -2.16. The van der Waals surface area contributed by atoms with E-state index in [1.165, 1.54) is 0 Å². The van der Waals surface area contributed by atoms with Gasteiger partial charge in [-0.15, -0.1) is 10.2 Å². The molecule has 0 aliphatic heterocycles. The van der Waals surface area contributed by atoms with E-state index in [9.17, 15) is 0 Å². The summed E-state index contributed by atoms with van der Waals surface area (Å²) in [6.07, 6.45) is 1.86. The summed E-state index contributed by atoms with van der Waals surface area (Å²) in [5, 5.41) is 20.9. The van der Waals surface area contributed by atoms with Crippen LogP contribution in [0.4, 0.5) is 0 Å². The predicted molar refractivity (Wildman–Crippen MR) is 82.0 cm³/mol. The number of hydrogen-bond acceptors (Lipinski definition) is 5. The second-order valence-electron chi connectivity index (χ2n) is 6.04. The van der Waals surface area contributed by atoms with Crippen LogP contribution in [0.2, 0.25) is 5.02 Å². The van der Waals surface area contributed by atoms with Gasteiger partial charge in [0.05, 0.1) is 18.4 Å². The SMILES string of the molecule is CC(C)(C)c1nnnn1Cc1cn(-c2ccc(Cl)cc2)nn1. The fourth-order valence-electron chi connectivity index (χ4n) is 2.09. The average molecular weight is 318 g/mol. The first kappa shape index (κ1) is 14.6. The van der Waals surface area contributed by atoms with E-state index in [2.05, 4.69) is 46.6 Å². The van der Waals surface area contributed by atoms with E-state index in [4.69, 9.17) is 11.6 Å². The lowest BCUT2D eigenvalue weighted by atomic mass is 9.96. The molecule has 0 spiro atoms. The zero-order chi connectivity index (χ0) is 15.7. The Kier molecular flexibility index (Phi) is 3.66. The molecule has 8 heteroatoms. The van der Waals surface area contributed by atoms with Gasteiger partial charge in [-0.1, -0.05) is 37.6 Å². The number of halogens is 1. The number of hydrogen-bond donors (Lipinski definition) is 0. The third-order valence-electron chi connectivity index (χ3n) is 3.15. The van der Waals surface area contributed by atoms with Gasteiger partial charge in [-0.25, -0.2) is 9.36 Å². The van der Waals surface area contributed by atoms with Gasteiger partial charge in [0, 0.05) is 10.4 Å². The maximum absolute atomic E-state index is 5.89. The Morgan fingerprint density at radius 1 is 1.05 bits per heavy atom. The number of nitrogens with zero attached hydrogens (tertiary/aromatic N) is 7. The van der Waals surface area contributed by atoms with Crippen molar-refractivity contribution in [1.82, 2.24) is 35.2 Å². The van der Waals surface area contributed by atoms with Crippen molar-refractivity contribution < 1.29 is 0 Å². The molecule has 0 aliphatic rings. The van der Waals surface area contributed by atoms with E-state index >= 15 is 0 Å². The molecule has 114 valence electrons. The van der Waals surface area contributed by atoms with E-state index in [1.807, 2.05) is 30.5 Å². The first-order valence-electron chi connectivity index (χ1n) is 6.87. The number of tetrazole rings is 1. The Labute approximate surface area is 132 Å². The molecule has 22 heavy (non-hydrogen) atoms. The molecule has 0 unspecified atom stereocenters. The fourth-order valence-corrected chi connectivity index (χ4v) is 2.22. The molecule has 3 rings (SSSR count). The van der Waals surface area contributed by atoms with Crippen molar-refractivity contribution in [2.75, 3.05) is 0 Å². The minimum absolute atomic E-state index is 0.129. The zero-order valence-corrected chi connectivity index (χ0v) is 13.4. The van der Waals surface area contributed by atoms with Crippen LogP contribution in [0.15, 0.2) is 30.5 Å². The summed E-state index contributed by atoms with van der Waals surface area (Å²) >= 11 is 5.89. The molecule has 7 nitrogen and oxygen atoms in total. The topological polar surface area (TPSA) is 74.3 Å². The Balaban J connectivity index is 1.83. The molecular formula is C14H16ClN7. The van der Waals surface area contributed by atoms with E-state index in [0.717, 1.165) is 17.2 Å². The van der Waals surface area contributed by atoms with Crippen LogP contribution in [0.1, 0.15) is 32.3 Å². The van der Waals surface area contributed by atoms with E-state index in [1.54, 1.807) is 9.36 Å². The summed E-state index contributed by atoms with van der Waals surface area (Å²) in [5.41, 5.74) is 1.55. The van der Waals surface area contributed by atoms with Crippen molar-refractivity contribution in [2.45, 2.75) is 32.7 Å². The second kappa shape index (κ2) is 5.49. The average Bonchev–Trinajstić information content (AvgIpc) is 3.09. The van der Waals surface area contributed by atoms with Crippen LogP contribution in [0, 0.1) is 0 Å². The summed E-state index contributed by atoms with van der Waals surface area (Å²) < 4.78 is 3.45. The Morgan fingerprint density at radius 2 is 1.77 bits per heavy atom. The van der Waals surface area contributed by atoms with Gasteiger partial charge in [0.1, 0.15) is 5.69 Å². The standard InChI is InChI=1S/C14H16ClN7/c1-14(2,3)13-17-18-20-22(13)9-11-8-21(19-16-11)12-6-4-10(15)5-7-12/h4-8H,9H2,1-3H3. The highest BCUT2D eigenvalue weighted by molar-refractivity contribution is 6.30. The third-order valence-corrected chi connectivity index (χ3v) is 3.40. The molecule has 0 saturated carbocycles. The molecule has 0 saturated heterocycles. The second-order valence-corrected chi connectivity index (χ2v) is 6.48. The quantitative estimate of drug-likeness (QED) is 0.740. The lowest BCUT2D eigenvalue weighted by molar-refractivity contribution is 0.487. The summed E-state index contributed by atoms with van der Waals surface area (Å²) in [7, 11) is 0. The summed E-state index contributed by atoms with van der Waals surface area (Å²) in [4.78, 5) is 0. The maximum Gasteiger partial charge on any atom is 0.157 e. The number of rotatable bonds is 3. The van der Waals surface area contributed by atoms with Crippen molar-refractivity contribution in [3.8, 4) is 5.69 Å². The van der Waals surface area contributed by atoms with Crippen LogP contribution in [-0.4, -0.2) is 35.2 Å². The highest BCUT2D eigenvalue weighted by Crippen LogP contribution is 2.19. The molecule has 2 heterocycles. The summed E-state index contributed by atoms with van der Waals surface area (Å²) in [6.45, 7) is 6.69. The zero-order valence-electron chi connectivity index (χ0n) is 12.6. The molecule has 0 N–H and O–H groups in total. The van der Waals surface area contributed by atoms with Crippen LogP contribution >= 0.6 is 11.6 Å². The first-order chi connectivity index (χ1) is 10.4. The minimum Gasteiger partial charge on any atom is -0.223 e. The molecule has 0 amide bonds. The van der Waals surface area contributed by atoms with Gasteiger partial charge in [-0.2, -0.15) is 0 Å². The Bertz CT molecular complexity index is 767.